The molecule has 0 saturated carbocycles. The zero-order valence-corrected chi connectivity index (χ0v) is 15.4. The molecule has 0 amide bonds. The standard InChI is InChI=1S/C18H34N6/c1-17-7-15-23(16-8-17)12-4-3-9-20-18(19-2)21-10-5-13-24-14-6-11-22-24/h6,11,14,17H,3-5,7-10,12-13,15-16H2,1-2H3,(H2,19,20,21). The normalized spacial score (nSPS) is 17.2. The van der Waals surface area contributed by atoms with E-state index in [4.69, 9.17) is 0 Å². The molecule has 2 heterocycles. The minimum Gasteiger partial charge on any atom is -0.356 e. The lowest BCUT2D eigenvalue weighted by molar-refractivity contribution is 0.189. The number of piperidine rings is 1. The van der Waals surface area contributed by atoms with E-state index >= 15 is 0 Å². The lowest BCUT2D eigenvalue weighted by atomic mass is 9.99. The van der Waals surface area contributed by atoms with E-state index in [1.165, 1.54) is 45.3 Å². The number of hydrogen-bond acceptors (Lipinski definition) is 3. The van der Waals surface area contributed by atoms with Gasteiger partial charge in [0.1, 0.15) is 0 Å². The van der Waals surface area contributed by atoms with E-state index in [0.717, 1.165) is 37.9 Å². The third-order valence-corrected chi connectivity index (χ3v) is 4.71. The molecule has 0 spiro atoms. The molecule has 1 saturated heterocycles. The molecule has 0 aromatic carbocycles. The van der Waals surface area contributed by atoms with Gasteiger partial charge in [-0.3, -0.25) is 9.67 Å². The van der Waals surface area contributed by atoms with E-state index in [9.17, 15) is 0 Å². The molecule has 2 N–H and O–H groups in total. The van der Waals surface area contributed by atoms with E-state index in [1.54, 1.807) is 0 Å². The molecular formula is C18H34N6. The smallest absolute Gasteiger partial charge is 0.190 e. The molecule has 136 valence electrons. The highest BCUT2D eigenvalue weighted by Gasteiger charge is 2.14. The molecule has 1 aliphatic rings. The van der Waals surface area contributed by atoms with E-state index in [1.807, 2.05) is 30.2 Å². The topological polar surface area (TPSA) is 57.5 Å². The number of unbranched alkanes of at least 4 members (excludes halogenated alkanes) is 1. The van der Waals surface area contributed by atoms with Crippen LogP contribution in [-0.4, -0.2) is 60.4 Å². The Hall–Kier alpha value is -1.56. The second-order valence-electron chi connectivity index (χ2n) is 6.78. The van der Waals surface area contributed by atoms with Gasteiger partial charge in [-0.2, -0.15) is 5.10 Å². The van der Waals surface area contributed by atoms with Crippen LogP contribution in [0.2, 0.25) is 0 Å². The summed E-state index contributed by atoms with van der Waals surface area (Å²) in [6, 6.07) is 1.96. The maximum absolute atomic E-state index is 4.28. The first-order valence-electron chi connectivity index (χ1n) is 9.42. The molecule has 1 aliphatic heterocycles. The first-order valence-corrected chi connectivity index (χ1v) is 9.42. The van der Waals surface area contributed by atoms with Crippen LogP contribution in [-0.2, 0) is 6.54 Å². The monoisotopic (exact) mass is 334 g/mol. The molecule has 1 aromatic heterocycles. The molecule has 1 aromatic rings. The van der Waals surface area contributed by atoms with Crippen molar-refractivity contribution in [3.63, 3.8) is 0 Å². The largest absolute Gasteiger partial charge is 0.356 e. The van der Waals surface area contributed by atoms with Crippen LogP contribution in [0.25, 0.3) is 0 Å². The summed E-state index contributed by atoms with van der Waals surface area (Å²) in [4.78, 5) is 6.89. The minimum atomic E-state index is 0.905. The van der Waals surface area contributed by atoms with E-state index in [0.29, 0.717) is 0 Å². The summed E-state index contributed by atoms with van der Waals surface area (Å²) in [5.74, 6) is 1.83. The van der Waals surface area contributed by atoms with Gasteiger partial charge in [0.05, 0.1) is 0 Å². The van der Waals surface area contributed by atoms with Gasteiger partial charge in [0.2, 0.25) is 0 Å². The first kappa shape index (κ1) is 18.8. The number of aliphatic imine (C=N–C) groups is 1. The molecule has 0 atom stereocenters. The molecule has 6 heteroatoms. The zero-order valence-electron chi connectivity index (χ0n) is 15.4. The van der Waals surface area contributed by atoms with Gasteiger partial charge in [-0.25, -0.2) is 0 Å². The maximum atomic E-state index is 4.28. The summed E-state index contributed by atoms with van der Waals surface area (Å²) in [5, 5.41) is 11.0. The zero-order chi connectivity index (χ0) is 17.0. The van der Waals surface area contributed by atoms with Crippen molar-refractivity contribution in [3.8, 4) is 0 Å². The predicted octanol–water partition coefficient (Wildman–Crippen LogP) is 1.95. The van der Waals surface area contributed by atoms with Gasteiger partial charge < -0.3 is 15.5 Å². The summed E-state index contributed by atoms with van der Waals surface area (Å²) in [6.07, 6.45) is 10.0. The Bertz CT molecular complexity index is 448. The second-order valence-corrected chi connectivity index (χ2v) is 6.78. The van der Waals surface area contributed by atoms with Crippen LogP contribution in [0.1, 0.15) is 39.0 Å². The fraction of sp³-hybridized carbons (Fsp3) is 0.778. The van der Waals surface area contributed by atoms with E-state index in [-0.39, 0.29) is 0 Å². The van der Waals surface area contributed by atoms with Crippen LogP contribution in [0, 0.1) is 5.92 Å². The van der Waals surface area contributed by atoms with Crippen LogP contribution in [0.4, 0.5) is 0 Å². The van der Waals surface area contributed by atoms with Crippen molar-refractivity contribution in [2.24, 2.45) is 10.9 Å². The van der Waals surface area contributed by atoms with Crippen LogP contribution in [0.3, 0.4) is 0 Å². The Labute approximate surface area is 146 Å². The number of rotatable bonds is 9. The van der Waals surface area contributed by atoms with Crippen LogP contribution in [0.5, 0.6) is 0 Å². The highest BCUT2D eigenvalue weighted by atomic mass is 15.3. The molecule has 1 fully saturated rings. The van der Waals surface area contributed by atoms with Crippen LogP contribution in [0.15, 0.2) is 23.5 Å². The SMILES string of the molecule is CN=C(NCCCCN1CCC(C)CC1)NCCCn1cccn1. The Balaban J connectivity index is 1.46. The summed E-state index contributed by atoms with van der Waals surface area (Å²) in [5.41, 5.74) is 0. The average molecular weight is 335 g/mol. The average Bonchev–Trinajstić information content (AvgIpc) is 3.11. The quantitative estimate of drug-likeness (QED) is 0.412. The summed E-state index contributed by atoms with van der Waals surface area (Å²) < 4.78 is 1.96. The number of nitrogens with one attached hydrogen (secondary N) is 2. The maximum Gasteiger partial charge on any atom is 0.190 e. The highest BCUT2D eigenvalue weighted by molar-refractivity contribution is 5.79. The number of guanidine groups is 1. The molecule has 2 rings (SSSR count). The molecule has 0 aliphatic carbocycles. The van der Waals surface area contributed by atoms with Crippen molar-refractivity contribution in [2.75, 3.05) is 39.8 Å². The molecule has 0 bridgehead atoms. The van der Waals surface area contributed by atoms with Crippen molar-refractivity contribution in [2.45, 2.75) is 45.6 Å². The Morgan fingerprint density at radius 1 is 1.12 bits per heavy atom. The fourth-order valence-electron chi connectivity index (χ4n) is 3.05. The molecule has 24 heavy (non-hydrogen) atoms. The Kier molecular flexibility index (Phi) is 8.66. The summed E-state index contributed by atoms with van der Waals surface area (Å²) in [6.45, 7) is 9.02. The van der Waals surface area contributed by atoms with Gasteiger partial charge in [0.25, 0.3) is 0 Å². The summed E-state index contributed by atoms with van der Waals surface area (Å²) in [7, 11) is 1.83. The number of aryl methyl sites for hydroxylation is 1. The second kappa shape index (κ2) is 11.1. The van der Waals surface area contributed by atoms with Gasteiger partial charge in [0, 0.05) is 39.1 Å². The van der Waals surface area contributed by atoms with Gasteiger partial charge in [-0.05, 0) is 63.7 Å². The Morgan fingerprint density at radius 3 is 2.54 bits per heavy atom. The highest BCUT2D eigenvalue weighted by Crippen LogP contribution is 2.15. The number of nitrogens with zero attached hydrogens (tertiary/aromatic N) is 4. The first-order chi connectivity index (χ1) is 11.8. The van der Waals surface area contributed by atoms with E-state index < -0.39 is 0 Å². The fourth-order valence-corrected chi connectivity index (χ4v) is 3.05. The van der Waals surface area contributed by atoms with Crippen molar-refractivity contribution < 1.29 is 0 Å². The predicted molar refractivity (Wildman–Crippen MR) is 100 cm³/mol. The molecule has 0 unspecified atom stereocenters. The number of aromatic nitrogens is 2. The molecule has 6 nitrogen and oxygen atoms in total. The number of hydrogen-bond donors (Lipinski definition) is 2. The Morgan fingerprint density at radius 2 is 1.88 bits per heavy atom. The van der Waals surface area contributed by atoms with E-state index in [2.05, 4.69) is 32.5 Å². The lowest BCUT2D eigenvalue weighted by Gasteiger charge is -2.30. The summed E-state index contributed by atoms with van der Waals surface area (Å²) >= 11 is 0. The van der Waals surface area contributed by atoms with Crippen molar-refractivity contribution in [3.05, 3.63) is 18.5 Å². The van der Waals surface area contributed by atoms with Gasteiger partial charge in [-0.15, -0.1) is 0 Å². The minimum absolute atomic E-state index is 0.905. The lowest BCUT2D eigenvalue weighted by Crippen LogP contribution is -2.39. The van der Waals surface area contributed by atoms with Gasteiger partial charge in [-0.1, -0.05) is 6.92 Å². The number of likely N-dealkylation sites (tertiary alicyclic amines) is 1. The molecule has 0 radical (unpaired) electrons. The third-order valence-electron chi connectivity index (χ3n) is 4.71. The van der Waals surface area contributed by atoms with Gasteiger partial charge in [0.15, 0.2) is 5.96 Å². The van der Waals surface area contributed by atoms with Crippen molar-refractivity contribution >= 4 is 5.96 Å². The van der Waals surface area contributed by atoms with Gasteiger partial charge >= 0.3 is 0 Å². The third kappa shape index (κ3) is 7.34. The van der Waals surface area contributed by atoms with Crippen LogP contribution < -0.4 is 10.6 Å². The van der Waals surface area contributed by atoms with Crippen molar-refractivity contribution in [1.29, 1.82) is 0 Å². The van der Waals surface area contributed by atoms with Crippen molar-refractivity contribution in [1.82, 2.24) is 25.3 Å². The van der Waals surface area contributed by atoms with Crippen LogP contribution >= 0.6 is 0 Å². The molecular weight excluding hydrogens is 300 g/mol.